The van der Waals surface area contributed by atoms with Gasteiger partial charge in [0.25, 0.3) is 0 Å². The lowest BCUT2D eigenvalue weighted by Crippen LogP contribution is -2.30. The molecule has 0 bridgehead atoms. The van der Waals surface area contributed by atoms with E-state index in [1.807, 2.05) is 0 Å². The van der Waals surface area contributed by atoms with Crippen LogP contribution in [0.15, 0.2) is 36.5 Å². The fourth-order valence-electron chi connectivity index (χ4n) is 11.4. The number of ether oxygens (including phenoxy) is 4. The first kappa shape index (κ1) is 95.3. The number of hydrogen-bond donors (Lipinski definition) is 3. The highest BCUT2D eigenvalue weighted by atomic mass is 31.2. The van der Waals surface area contributed by atoms with Gasteiger partial charge in [0.1, 0.15) is 19.3 Å². The molecule has 0 aromatic rings. The molecule has 576 valence electrons. The van der Waals surface area contributed by atoms with E-state index in [-0.39, 0.29) is 25.7 Å². The van der Waals surface area contributed by atoms with E-state index in [0.717, 1.165) is 122 Å². The number of rotatable bonds is 77. The predicted molar refractivity (Wildman–Crippen MR) is 400 cm³/mol. The highest BCUT2D eigenvalue weighted by Crippen LogP contribution is 2.45. The van der Waals surface area contributed by atoms with E-state index in [9.17, 15) is 43.2 Å². The van der Waals surface area contributed by atoms with Crippen LogP contribution in [0.1, 0.15) is 387 Å². The van der Waals surface area contributed by atoms with Crippen LogP contribution in [0.3, 0.4) is 0 Å². The lowest BCUT2D eigenvalue weighted by Gasteiger charge is -2.21. The smallest absolute Gasteiger partial charge is 0.462 e. The van der Waals surface area contributed by atoms with Gasteiger partial charge in [-0.15, -0.1) is 0 Å². The fourth-order valence-corrected chi connectivity index (χ4v) is 13.0. The molecule has 0 saturated carbocycles. The molecule has 5 atom stereocenters. The van der Waals surface area contributed by atoms with Gasteiger partial charge in [0.2, 0.25) is 0 Å². The highest BCUT2D eigenvalue weighted by molar-refractivity contribution is 7.47. The Labute approximate surface area is 598 Å². The molecule has 0 spiro atoms. The van der Waals surface area contributed by atoms with Gasteiger partial charge in [-0.25, -0.2) is 9.13 Å². The Morgan fingerprint density at radius 1 is 0.286 bits per heavy atom. The fraction of sp³-hybridized carbons (Fsp3) is 0.873. The topological polar surface area (TPSA) is 237 Å². The molecule has 0 aliphatic carbocycles. The van der Waals surface area contributed by atoms with Crippen molar-refractivity contribution in [3.05, 3.63) is 36.5 Å². The summed E-state index contributed by atoms with van der Waals surface area (Å²) < 4.78 is 68.6. The zero-order chi connectivity index (χ0) is 71.8. The van der Waals surface area contributed by atoms with Gasteiger partial charge in [-0.05, 0) is 83.5 Å². The van der Waals surface area contributed by atoms with Gasteiger partial charge >= 0.3 is 39.5 Å². The van der Waals surface area contributed by atoms with E-state index >= 15 is 0 Å². The second kappa shape index (κ2) is 72.6. The van der Waals surface area contributed by atoms with Crippen LogP contribution in [0.5, 0.6) is 0 Å². The number of phosphoric ester groups is 2. The number of carbonyl (C=O) groups excluding carboxylic acids is 4. The molecule has 3 N–H and O–H groups in total. The molecule has 0 aromatic heterocycles. The van der Waals surface area contributed by atoms with Crippen molar-refractivity contribution in [1.82, 2.24) is 0 Å². The monoisotopic (exact) mass is 1430 g/mol. The van der Waals surface area contributed by atoms with Crippen molar-refractivity contribution in [3.63, 3.8) is 0 Å². The Morgan fingerprint density at radius 3 is 0.786 bits per heavy atom. The molecule has 98 heavy (non-hydrogen) atoms. The SMILES string of the molecule is CCCCC/C=C\C/C=C\CCCCCCCC(=O)O[C@H](COC(=O)CCCCCCCCCCCCCCCCC)COP(=O)(O)OC[C@@H](O)COP(=O)(O)OC[C@@H](COC(=O)CCCCCCCCCCCCCCC)OC(=O)CCCCCCC/C=C\CCCCCCCC. The van der Waals surface area contributed by atoms with Crippen LogP contribution >= 0.6 is 15.6 Å². The number of aliphatic hydroxyl groups is 1. The zero-order valence-electron chi connectivity index (χ0n) is 63.0. The molecule has 0 amide bonds. The first-order valence-electron chi connectivity index (χ1n) is 40.2. The summed E-state index contributed by atoms with van der Waals surface area (Å²) in [4.78, 5) is 72.9. The summed E-state index contributed by atoms with van der Waals surface area (Å²) in [6.07, 6.45) is 68.3. The van der Waals surface area contributed by atoms with Gasteiger partial charge < -0.3 is 33.8 Å². The molecule has 0 rings (SSSR count). The number of phosphoric acid groups is 2. The molecule has 0 heterocycles. The van der Waals surface area contributed by atoms with Gasteiger partial charge in [-0.3, -0.25) is 37.3 Å². The van der Waals surface area contributed by atoms with Crippen LogP contribution in [0.4, 0.5) is 0 Å². The maximum Gasteiger partial charge on any atom is 0.472 e. The van der Waals surface area contributed by atoms with Crippen molar-refractivity contribution >= 4 is 39.5 Å². The average molecular weight is 1430 g/mol. The summed E-state index contributed by atoms with van der Waals surface area (Å²) in [5.41, 5.74) is 0. The number of allylic oxidation sites excluding steroid dienone is 6. The van der Waals surface area contributed by atoms with Gasteiger partial charge in [0.15, 0.2) is 12.2 Å². The molecule has 0 saturated heterocycles. The van der Waals surface area contributed by atoms with Crippen LogP contribution < -0.4 is 0 Å². The molecular formula is C79H148O17P2. The second-order valence-electron chi connectivity index (χ2n) is 27.4. The van der Waals surface area contributed by atoms with Gasteiger partial charge in [-0.2, -0.15) is 0 Å². The number of hydrogen-bond acceptors (Lipinski definition) is 15. The molecule has 2 unspecified atom stereocenters. The van der Waals surface area contributed by atoms with E-state index in [0.29, 0.717) is 25.7 Å². The lowest BCUT2D eigenvalue weighted by atomic mass is 10.0. The van der Waals surface area contributed by atoms with Gasteiger partial charge in [0.05, 0.1) is 26.4 Å². The summed E-state index contributed by atoms with van der Waals surface area (Å²) in [5, 5.41) is 10.6. The largest absolute Gasteiger partial charge is 0.472 e. The van der Waals surface area contributed by atoms with E-state index in [1.54, 1.807) is 0 Å². The van der Waals surface area contributed by atoms with E-state index in [2.05, 4.69) is 64.2 Å². The van der Waals surface area contributed by atoms with Crippen molar-refractivity contribution in [2.75, 3.05) is 39.6 Å². The minimum absolute atomic E-state index is 0.0863. The maximum atomic E-state index is 13.1. The van der Waals surface area contributed by atoms with Crippen LogP contribution in [-0.2, 0) is 65.4 Å². The second-order valence-corrected chi connectivity index (χ2v) is 30.3. The summed E-state index contributed by atoms with van der Waals surface area (Å²) >= 11 is 0. The zero-order valence-corrected chi connectivity index (χ0v) is 64.8. The van der Waals surface area contributed by atoms with Crippen LogP contribution in [-0.4, -0.2) is 96.7 Å². The van der Waals surface area contributed by atoms with Crippen molar-refractivity contribution in [1.29, 1.82) is 0 Å². The normalized spacial score (nSPS) is 14.1. The average Bonchev–Trinajstić information content (AvgIpc) is 1.04. The Balaban J connectivity index is 5.32. The number of aliphatic hydroxyl groups excluding tert-OH is 1. The van der Waals surface area contributed by atoms with Crippen molar-refractivity contribution in [3.8, 4) is 0 Å². The first-order chi connectivity index (χ1) is 47.7. The molecule has 17 nitrogen and oxygen atoms in total. The van der Waals surface area contributed by atoms with Crippen LogP contribution in [0.2, 0.25) is 0 Å². The standard InChI is InChI=1S/C79H148O17P2/c1-5-9-13-17-21-25-29-33-36-40-44-48-52-56-60-64-77(82)90-70-75(96-79(84)66-62-58-54-50-46-42-38-35-31-27-23-19-15-11-7-3)72-94-98(87,88)92-68-73(80)67-91-97(85,86)93-71-74(69-89-76(81)63-59-55-51-47-43-39-32-28-24-20-16-12-8-4)95-78(83)65-61-57-53-49-45-41-37-34-30-26-22-18-14-10-6-2/h23,27,34-35,37-38,73-75,80H,5-22,24-26,28-33,36,39-72H2,1-4H3,(H,85,86)(H,87,88)/b27-23-,37-34-,38-35-/t73-,74+,75+/m0/s1. The van der Waals surface area contributed by atoms with Crippen molar-refractivity contribution in [2.24, 2.45) is 0 Å². The summed E-state index contributed by atoms with van der Waals surface area (Å²) in [7, 11) is -9.93. The number of unbranched alkanes of at least 4 members (excludes halogenated alkanes) is 45. The third kappa shape index (κ3) is 71.7. The summed E-state index contributed by atoms with van der Waals surface area (Å²) in [5.74, 6) is -2.15. The van der Waals surface area contributed by atoms with Gasteiger partial charge in [-0.1, -0.05) is 315 Å². The lowest BCUT2D eigenvalue weighted by molar-refractivity contribution is -0.161. The van der Waals surface area contributed by atoms with Crippen molar-refractivity contribution < 1.29 is 80.2 Å². The maximum absolute atomic E-state index is 13.1. The Hall–Kier alpha value is -2.72. The molecule has 0 fully saturated rings. The van der Waals surface area contributed by atoms with Crippen LogP contribution in [0.25, 0.3) is 0 Å². The molecular weight excluding hydrogens is 1280 g/mol. The van der Waals surface area contributed by atoms with Gasteiger partial charge in [0, 0.05) is 25.7 Å². The Morgan fingerprint density at radius 2 is 0.500 bits per heavy atom. The molecule has 19 heteroatoms. The number of carbonyl (C=O) groups is 4. The Kier molecular flexibility index (Phi) is 70.6. The molecule has 0 aliphatic rings. The first-order valence-corrected chi connectivity index (χ1v) is 43.2. The highest BCUT2D eigenvalue weighted by Gasteiger charge is 2.30. The minimum Gasteiger partial charge on any atom is -0.462 e. The van der Waals surface area contributed by atoms with Crippen LogP contribution in [0, 0.1) is 0 Å². The third-order valence-corrected chi connectivity index (χ3v) is 19.5. The molecule has 0 radical (unpaired) electrons. The van der Waals surface area contributed by atoms with E-state index in [4.69, 9.17) is 37.0 Å². The summed E-state index contributed by atoms with van der Waals surface area (Å²) in [6, 6.07) is 0. The summed E-state index contributed by atoms with van der Waals surface area (Å²) in [6.45, 7) is 4.92. The quantitative estimate of drug-likeness (QED) is 0.0169. The molecule has 0 aromatic carbocycles. The molecule has 0 aliphatic heterocycles. The minimum atomic E-state index is -4.97. The van der Waals surface area contributed by atoms with E-state index < -0.39 is 97.5 Å². The van der Waals surface area contributed by atoms with Crippen molar-refractivity contribution in [2.45, 2.75) is 406 Å². The Bertz CT molecular complexity index is 2000. The van der Waals surface area contributed by atoms with E-state index in [1.165, 1.54) is 186 Å². The predicted octanol–water partition coefficient (Wildman–Crippen LogP) is 23.1. The number of esters is 4. The third-order valence-electron chi connectivity index (χ3n) is 17.6.